The average molecular weight is 348 g/mol. The molecule has 1 aromatic rings. The molecule has 0 aliphatic carbocycles. The highest BCUT2D eigenvalue weighted by molar-refractivity contribution is 9.10. The first-order chi connectivity index (χ1) is 7.70. The van der Waals surface area contributed by atoms with E-state index in [1.165, 1.54) is 18.5 Å². The van der Waals surface area contributed by atoms with Crippen molar-refractivity contribution in [3.8, 4) is 0 Å². The van der Waals surface area contributed by atoms with Gasteiger partial charge >= 0.3 is 0 Å². The zero-order valence-corrected chi connectivity index (χ0v) is 12.5. The molecule has 88 valence electrons. The van der Waals surface area contributed by atoms with E-state index in [1.807, 2.05) is 12.4 Å². The Balaban J connectivity index is 2.04. The van der Waals surface area contributed by atoms with Crippen molar-refractivity contribution in [3.05, 3.63) is 28.5 Å². The van der Waals surface area contributed by atoms with Gasteiger partial charge in [-0.25, -0.2) is 0 Å². The molecule has 0 amide bonds. The molecular weight excluding hydrogens is 332 g/mol. The van der Waals surface area contributed by atoms with E-state index in [0.717, 1.165) is 22.3 Å². The number of aromatic nitrogens is 1. The number of hydrogen-bond donors (Lipinski definition) is 0. The summed E-state index contributed by atoms with van der Waals surface area (Å²) in [5.41, 5.74) is 1.29. The predicted octanol–water partition coefficient (Wildman–Crippen LogP) is 3.45. The van der Waals surface area contributed by atoms with Crippen molar-refractivity contribution in [2.75, 3.05) is 11.9 Å². The molecule has 0 aromatic carbocycles. The standard InChI is InChI=1S/C12H16Br2N2/c1-9-2-3-16(12(9)5-13)8-10-4-11(14)7-15-6-10/h4,6-7,9,12H,2-3,5,8H2,1H3. The first-order valence-electron chi connectivity index (χ1n) is 5.60. The fourth-order valence-corrected chi connectivity index (χ4v) is 3.77. The van der Waals surface area contributed by atoms with Crippen LogP contribution in [-0.2, 0) is 6.54 Å². The topological polar surface area (TPSA) is 16.1 Å². The van der Waals surface area contributed by atoms with Crippen LogP contribution in [0.3, 0.4) is 0 Å². The van der Waals surface area contributed by atoms with Crippen LogP contribution < -0.4 is 0 Å². The fraction of sp³-hybridized carbons (Fsp3) is 0.583. The van der Waals surface area contributed by atoms with Crippen molar-refractivity contribution >= 4 is 31.9 Å². The zero-order chi connectivity index (χ0) is 11.5. The van der Waals surface area contributed by atoms with Gasteiger partial charge in [0.1, 0.15) is 0 Å². The fourth-order valence-electron chi connectivity index (χ4n) is 2.31. The first-order valence-corrected chi connectivity index (χ1v) is 7.51. The molecule has 0 bridgehead atoms. The third-order valence-electron chi connectivity index (χ3n) is 3.30. The van der Waals surface area contributed by atoms with Gasteiger partial charge in [-0.1, -0.05) is 22.9 Å². The summed E-state index contributed by atoms with van der Waals surface area (Å²) in [5.74, 6) is 0.791. The lowest BCUT2D eigenvalue weighted by Gasteiger charge is -2.24. The quantitative estimate of drug-likeness (QED) is 0.778. The van der Waals surface area contributed by atoms with E-state index in [1.54, 1.807) is 0 Å². The Kier molecular flexibility index (Phi) is 4.39. The van der Waals surface area contributed by atoms with E-state index >= 15 is 0 Å². The van der Waals surface area contributed by atoms with Crippen molar-refractivity contribution in [1.82, 2.24) is 9.88 Å². The molecule has 1 fully saturated rings. The van der Waals surface area contributed by atoms with E-state index in [4.69, 9.17) is 0 Å². The maximum atomic E-state index is 4.21. The molecule has 2 nitrogen and oxygen atoms in total. The van der Waals surface area contributed by atoms with Gasteiger partial charge in [-0.2, -0.15) is 0 Å². The number of rotatable bonds is 3. The van der Waals surface area contributed by atoms with E-state index in [2.05, 4.69) is 54.7 Å². The maximum Gasteiger partial charge on any atom is 0.0410 e. The van der Waals surface area contributed by atoms with Crippen LogP contribution >= 0.6 is 31.9 Å². The smallest absolute Gasteiger partial charge is 0.0410 e. The van der Waals surface area contributed by atoms with Gasteiger partial charge in [-0.05, 0) is 46.4 Å². The Bertz CT molecular complexity index is 357. The Morgan fingerprint density at radius 1 is 1.50 bits per heavy atom. The van der Waals surface area contributed by atoms with Crippen LogP contribution in [0.15, 0.2) is 22.9 Å². The molecule has 0 radical (unpaired) electrons. The van der Waals surface area contributed by atoms with E-state index in [-0.39, 0.29) is 0 Å². The second kappa shape index (κ2) is 5.61. The van der Waals surface area contributed by atoms with E-state index < -0.39 is 0 Å². The van der Waals surface area contributed by atoms with Gasteiger partial charge in [0.15, 0.2) is 0 Å². The van der Waals surface area contributed by atoms with Crippen molar-refractivity contribution in [2.24, 2.45) is 5.92 Å². The monoisotopic (exact) mass is 346 g/mol. The normalized spacial score (nSPS) is 26.2. The highest BCUT2D eigenvalue weighted by atomic mass is 79.9. The van der Waals surface area contributed by atoms with Crippen LogP contribution in [0, 0.1) is 5.92 Å². The summed E-state index contributed by atoms with van der Waals surface area (Å²) < 4.78 is 1.06. The molecule has 0 spiro atoms. The summed E-state index contributed by atoms with van der Waals surface area (Å²) in [4.78, 5) is 6.76. The van der Waals surface area contributed by atoms with Crippen LogP contribution in [-0.4, -0.2) is 27.8 Å². The number of likely N-dealkylation sites (tertiary alicyclic amines) is 1. The van der Waals surface area contributed by atoms with E-state index in [9.17, 15) is 0 Å². The first kappa shape index (κ1) is 12.5. The highest BCUT2D eigenvalue weighted by Gasteiger charge is 2.29. The lowest BCUT2D eigenvalue weighted by molar-refractivity contribution is 0.244. The molecule has 2 unspecified atom stereocenters. The highest BCUT2D eigenvalue weighted by Crippen LogP contribution is 2.27. The summed E-state index contributed by atoms with van der Waals surface area (Å²) in [6.45, 7) is 4.54. The summed E-state index contributed by atoms with van der Waals surface area (Å²) >= 11 is 7.08. The predicted molar refractivity (Wildman–Crippen MR) is 73.7 cm³/mol. The Hall–Kier alpha value is 0.0700. The summed E-state index contributed by atoms with van der Waals surface area (Å²) in [6, 6.07) is 2.82. The van der Waals surface area contributed by atoms with Crippen LogP contribution in [0.5, 0.6) is 0 Å². The summed E-state index contributed by atoms with van der Waals surface area (Å²) in [6.07, 6.45) is 5.09. The minimum Gasteiger partial charge on any atom is -0.295 e. The molecule has 0 saturated carbocycles. The number of nitrogens with zero attached hydrogens (tertiary/aromatic N) is 2. The van der Waals surface area contributed by atoms with Crippen molar-refractivity contribution in [2.45, 2.75) is 25.9 Å². The van der Waals surface area contributed by atoms with Crippen LogP contribution in [0.1, 0.15) is 18.9 Å². The third-order valence-corrected chi connectivity index (χ3v) is 4.40. The Morgan fingerprint density at radius 2 is 2.31 bits per heavy atom. The van der Waals surface area contributed by atoms with Crippen molar-refractivity contribution in [3.63, 3.8) is 0 Å². The van der Waals surface area contributed by atoms with Gasteiger partial charge in [0, 0.05) is 34.8 Å². The molecule has 16 heavy (non-hydrogen) atoms. The molecule has 2 atom stereocenters. The number of pyridine rings is 1. The Labute approximate surface area is 114 Å². The number of alkyl halides is 1. The van der Waals surface area contributed by atoms with Crippen molar-refractivity contribution < 1.29 is 0 Å². The average Bonchev–Trinajstić information content (AvgIpc) is 2.59. The number of hydrogen-bond acceptors (Lipinski definition) is 2. The molecule has 4 heteroatoms. The van der Waals surface area contributed by atoms with Gasteiger partial charge < -0.3 is 0 Å². The van der Waals surface area contributed by atoms with Crippen LogP contribution in [0.4, 0.5) is 0 Å². The molecule has 0 N–H and O–H groups in total. The molecule has 1 saturated heterocycles. The second-order valence-electron chi connectivity index (χ2n) is 4.47. The number of halogens is 2. The summed E-state index contributed by atoms with van der Waals surface area (Å²) in [5, 5.41) is 1.07. The molecule has 2 heterocycles. The van der Waals surface area contributed by atoms with Gasteiger partial charge in [0.2, 0.25) is 0 Å². The Morgan fingerprint density at radius 3 is 3.00 bits per heavy atom. The van der Waals surface area contributed by atoms with E-state index in [0.29, 0.717) is 6.04 Å². The maximum absolute atomic E-state index is 4.21. The van der Waals surface area contributed by atoms with Crippen molar-refractivity contribution in [1.29, 1.82) is 0 Å². The third kappa shape index (κ3) is 2.84. The molecule has 1 aromatic heterocycles. The second-order valence-corrected chi connectivity index (χ2v) is 6.03. The van der Waals surface area contributed by atoms with Gasteiger partial charge in [0.05, 0.1) is 0 Å². The van der Waals surface area contributed by atoms with Gasteiger partial charge in [0.25, 0.3) is 0 Å². The summed E-state index contributed by atoms with van der Waals surface area (Å²) in [7, 11) is 0. The largest absolute Gasteiger partial charge is 0.295 e. The minimum atomic E-state index is 0.666. The molecular formula is C12H16Br2N2. The lowest BCUT2D eigenvalue weighted by Crippen LogP contribution is -2.32. The molecule has 1 aliphatic heterocycles. The van der Waals surface area contributed by atoms with Crippen LogP contribution in [0.25, 0.3) is 0 Å². The molecule has 2 rings (SSSR count). The van der Waals surface area contributed by atoms with Gasteiger partial charge in [-0.3, -0.25) is 9.88 Å². The minimum absolute atomic E-state index is 0.666. The SMILES string of the molecule is CC1CCN(Cc2cncc(Br)c2)C1CBr. The zero-order valence-electron chi connectivity index (χ0n) is 9.37. The lowest BCUT2D eigenvalue weighted by atomic mass is 10.1. The molecule has 1 aliphatic rings. The van der Waals surface area contributed by atoms with Gasteiger partial charge in [-0.15, -0.1) is 0 Å². The van der Waals surface area contributed by atoms with Crippen LogP contribution in [0.2, 0.25) is 0 Å².